The molecule has 6 nitrogen and oxygen atoms in total. The van der Waals surface area contributed by atoms with Gasteiger partial charge in [-0.25, -0.2) is 0 Å². The van der Waals surface area contributed by atoms with Crippen molar-refractivity contribution in [1.29, 1.82) is 0 Å². The molecule has 0 aliphatic heterocycles. The van der Waals surface area contributed by atoms with Crippen LogP contribution in [0, 0.1) is 17.8 Å². The molecule has 7 heteroatoms. The molecule has 1 heterocycles. The molecule has 1 aliphatic carbocycles. The first-order chi connectivity index (χ1) is 16.7. The van der Waals surface area contributed by atoms with Crippen LogP contribution in [0.15, 0.2) is 64.2 Å². The fraction of sp³-hybridized carbons (Fsp3) is 0.259. The van der Waals surface area contributed by atoms with E-state index in [2.05, 4.69) is 32.7 Å². The molecule has 0 spiro atoms. The standard InChI is InChI=1S/C27H27N3O3S/c1-30(25-18-21(11-14-26(25)32-2)10-9-20-6-3-4-7-20)24-13-12-23(19-22(24)8-5-16-31)34-29-27-15-17-33-28-27/h5,8,11-20H,3-4,6-7H2,1-2H3,(H,28,29)/b8-5-. The van der Waals surface area contributed by atoms with Gasteiger partial charge in [0.05, 0.1) is 12.8 Å². The van der Waals surface area contributed by atoms with E-state index in [0.717, 1.165) is 39.4 Å². The average molecular weight is 474 g/mol. The van der Waals surface area contributed by atoms with E-state index >= 15 is 0 Å². The summed E-state index contributed by atoms with van der Waals surface area (Å²) in [6.45, 7) is 0. The van der Waals surface area contributed by atoms with Gasteiger partial charge < -0.3 is 18.9 Å². The minimum absolute atomic E-state index is 0.499. The molecule has 1 N–H and O–H groups in total. The first-order valence-corrected chi connectivity index (χ1v) is 12.0. The third-order valence-corrected chi connectivity index (χ3v) is 6.54. The number of hydrogen-bond acceptors (Lipinski definition) is 7. The maximum atomic E-state index is 11.0. The summed E-state index contributed by atoms with van der Waals surface area (Å²) < 4.78 is 13.6. The van der Waals surface area contributed by atoms with Crippen molar-refractivity contribution in [3.63, 3.8) is 0 Å². The van der Waals surface area contributed by atoms with Crippen molar-refractivity contribution >= 4 is 41.5 Å². The van der Waals surface area contributed by atoms with E-state index in [9.17, 15) is 4.79 Å². The Morgan fingerprint density at radius 1 is 1.18 bits per heavy atom. The molecule has 0 amide bonds. The lowest BCUT2D eigenvalue weighted by atomic mass is 10.1. The largest absolute Gasteiger partial charge is 0.495 e. The summed E-state index contributed by atoms with van der Waals surface area (Å²) in [4.78, 5) is 14.1. The zero-order valence-electron chi connectivity index (χ0n) is 19.3. The molecule has 0 saturated heterocycles. The zero-order chi connectivity index (χ0) is 23.8. The summed E-state index contributed by atoms with van der Waals surface area (Å²) >= 11 is 1.41. The van der Waals surface area contributed by atoms with Crippen LogP contribution < -0.4 is 14.4 Å². The fourth-order valence-electron chi connectivity index (χ4n) is 3.97. The Bertz CT molecular complexity index is 1210. The summed E-state index contributed by atoms with van der Waals surface area (Å²) in [7, 11) is 3.65. The van der Waals surface area contributed by atoms with Crippen molar-refractivity contribution in [3.8, 4) is 17.6 Å². The molecule has 1 aromatic heterocycles. The Kier molecular flexibility index (Phi) is 7.95. The van der Waals surface area contributed by atoms with Crippen LogP contribution in [0.3, 0.4) is 0 Å². The van der Waals surface area contributed by atoms with E-state index in [4.69, 9.17) is 9.26 Å². The van der Waals surface area contributed by atoms with Crippen LogP contribution in [0.4, 0.5) is 17.2 Å². The van der Waals surface area contributed by atoms with Gasteiger partial charge in [-0.2, -0.15) is 0 Å². The second-order valence-corrected chi connectivity index (χ2v) is 8.88. The Morgan fingerprint density at radius 2 is 2.03 bits per heavy atom. The van der Waals surface area contributed by atoms with Crippen molar-refractivity contribution in [2.24, 2.45) is 5.92 Å². The number of allylic oxidation sites excluding steroid dienone is 1. The van der Waals surface area contributed by atoms with Crippen LogP contribution in [-0.2, 0) is 4.79 Å². The van der Waals surface area contributed by atoms with E-state index in [1.807, 2.05) is 37.4 Å². The minimum atomic E-state index is 0.499. The molecule has 1 fully saturated rings. The third kappa shape index (κ3) is 5.83. The van der Waals surface area contributed by atoms with Crippen molar-refractivity contribution in [2.45, 2.75) is 30.6 Å². The van der Waals surface area contributed by atoms with Crippen molar-refractivity contribution in [3.05, 3.63) is 65.9 Å². The van der Waals surface area contributed by atoms with Crippen LogP contribution in [0.25, 0.3) is 6.08 Å². The van der Waals surface area contributed by atoms with E-state index in [-0.39, 0.29) is 0 Å². The summed E-state index contributed by atoms with van der Waals surface area (Å²) in [5.41, 5.74) is 3.69. The van der Waals surface area contributed by atoms with Gasteiger partial charge in [0, 0.05) is 35.2 Å². The lowest BCUT2D eigenvalue weighted by Crippen LogP contribution is -2.12. The number of benzene rings is 2. The topological polar surface area (TPSA) is 67.6 Å². The van der Waals surface area contributed by atoms with Gasteiger partial charge in [0.2, 0.25) is 0 Å². The van der Waals surface area contributed by atoms with Gasteiger partial charge in [-0.3, -0.25) is 4.79 Å². The van der Waals surface area contributed by atoms with E-state index < -0.39 is 0 Å². The number of nitrogens with one attached hydrogen (secondary N) is 1. The van der Waals surface area contributed by atoms with Gasteiger partial charge in [-0.1, -0.05) is 29.8 Å². The highest BCUT2D eigenvalue weighted by Gasteiger charge is 2.15. The normalized spacial score (nSPS) is 13.5. The number of nitrogens with zero attached hydrogens (tertiary/aromatic N) is 2. The van der Waals surface area contributed by atoms with E-state index in [1.54, 1.807) is 19.3 Å². The number of aromatic nitrogens is 1. The highest BCUT2D eigenvalue weighted by atomic mass is 32.2. The van der Waals surface area contributed by atoms with Crippen LogP contribution in [0.5, 0.6) is 5.75 Å². The van der Waals surface area contributed by atoms with E-state index in [1.165, 1.54) is 50.0 Å². The van der Waals surface area contributed by atoms with Crippen molar-refractivity contribution in [2.75, 3.05) is 23.8 Å². The fourth-order valence-corrected chi connectivity index (χ4v) is 4.62. The third-order valence-electron chi connectivity index (χ3n) is 5.74. The Balaban J connectivity index is 1.63. The van der Waals surface area contributed by atoms with Gasteiger partial charge in [0.1, 0.15) is 18.3 Å². The predicted molar refractivity (Wildman–Crippen MR) is 137 cm³/mol. The molecule has 4 rings (SSSR count). The van der Waals surface area contributed by atoms with E-state index in [0.29, 0.717) is 11.7 Å². The van der Waals surface area contributed by atoms with Crippen molar-refractivity contribution < 1.29 is 14.1 Å². The Hall–Kier alpha value is -3.63. The second kappa shape index (κ2) is 11.5. The maximum absolute atomic E-state index is 11.0. The molecule has 3 aromatic rings. The molecule has 2 aromatic carbocycles. The molecule has 0 radical (unpaired) electrons. The first-order valence-electron chi connectivity index (χ1n) is 11.2. The van der Waals surface area contributed by atoms with Gasteiger partial charge in [-0.15, -0.1) is 0 Å². The van der Waals surface area contributed by atoms with Gasteiger partial charge in [0.15, 0.2) is 5.82 Å². The molecule has 0 unspecified atom stereocenters. The quantitative estimate of drug-likeness (QED) is 0.178. The molecule has 0 atom stereocenters. The smallest absolute Gasteiger partial charge is 0.179 e. The summed E-state index contributed by atoms with van der Waals surface area (Å²) in [5.74, 6) is 8.68. The SMILES string of the molecule is COc1ccc(C#CC2CCCC2)cc1N(C)c1ccc(SNc2ccon2)cc1/C=C\C=O. The number of ether oxygens (including phenoxy) is 1. The number of methoxy groups -OCH3 is 1. The first kappa shape index (κ1) is 23.5. The molecule has 34 heavy (non-hydrogen) atoms. The van der Waals surface area contributed by atoms with Crippen LogP contribution >= 0.6 is 11.9 Å². The lowest BCUT2D eigenvalue weighted by molar-refractivity contribution is -0.104. The van der Waals surface area contributed by atoms with Gasteiger partial charge >= 0.3 is 0 Å². The molecule has 1 saturated carbocycles. The molecule has 0 bridgehead atoms. The summed E-state index contributed by atoms with van der Waals surface area (Å²) in [6, 6.07) is 13.8. The molecular formula is C27H27N3O3S. The summed E-state index contributed by atoms with van der Waals surface area (Å²) in [6.07, 6.45) is 10.5. The number of hydrogen-bond donors (Lipinski definition) is 1. The van der Waals surface area contributed by atoms with Crippen LogP contribution in [-0.4, -0.2) is 25.6 Å². The number of rotatable bonds is 8. The number of carbonyl (C=O) groups excluding carboxylic acids is 1. The molecule has 174 valence electrons. The van der Waals surface area contributed by atoms with Crippen LogP contribution in [0.2, 0.25) is 0 Å². The van der Waals surface area contributed by atoms with Crippen LogP contribution in [0.1, 0.15) is 36.8 Å². The minimum Gasteiger partial charge on any atom is -0.495 e. The Labute approximate surface area is 204 Å². The predicted octanol–water partition coefficient (Wildman–Crippen LogP) is 6.32. The highest BCUT2D eigenvalue weighted by Crippen LogP contribution is 2.37. The average Bonchev–Trinajstić information content (AvgIpc) is 3.59. The summed E-state index contributed by atoms with van der Waals surface area (Å²) in [5, 5.41) is 3.86. The lowest BCUT2D eigenvalue weighted by Gasteiger charge is -2.24. The van der Waals surface area contributed by atoms with Gasteiger partial charge in [-0.05, 0) is 78.9 Å². The number of carbonyl (C=O) groups is 1. The molecular weight excluding hydrogens is 446 g/mol. The maximum Gasteiger partial charge on any atom is 0.179 e. The molecule has 1 aliphatic rings. The zero-order valence-corrected chi connectivity index (χ0v) is 20.1. The number of anilines is 3. The van der Waals surface area contributed by atoms with Crippen molar-refractivity contribution in [1.82, 2.24) is 5.16 Å². The number of aldehydes is 1. The second-order valence-electron chi connectivity index (χ2n) is 8.00. The monoisotopic (exact) mass is 473 g/mol. The highest BCUT2D eigenvalue weighted by molar-refractivity contribution is 8.00. The Morgan fingerprint density at radius 3 is 2.76 bits per heavy atom. The van der Waals surface area contributed by atoms with Gasteiger partial charge in [0.25, 0.3) is 0 Å².